The molecule has 0 unspecified atom stereocenters. The number of nitrogens with one attached hydrogen (secondary N) is 6. The van der Waals surface area contributed by atoms with Crippen molar-refractivity contribution in [1.82, 2.24) is 31.9 Å². The second-order valence-corrected chi connectivity index (χ2v) is 16.5. The Kier molecular flexibility index (Phi) is 18.7. The maximum Gasteiger partial charge on any atom is 0.0809 e. The van der Waals surface area contributed by atoms with Crippen LogP contribution in [0.5, 0.6) is 0 Å². The Labute approximate surface area is 305 Å². The highest BCUT2D eigenvalue weighted by molar-refractivity contribution is 5.03. The molecule has 9 nitrogen and oxygen atoms in total. The van der Waals surface area contributed by atoms with Crippen molar-refractivity contribution in [2.45, 2.75) is 133 Å². The van der Waals surface area contributed by atoms with E-state index < -0.39 is 0 Å². The van der Waals surface area contributed by atoms with Crippen LogP contribution >= 0.6 is 0 Å². The van der Waals surface area contributed by atoms with E-state index in [0.29, 0.717) is 16.6 Å². The molecule has 6 N–H and O–H groups in total. The zero-order chi connectivity index (χ0) is 29.2. The van der Waals surface area contributed by atoms with E-state index >= 15 is 0 Å². The molecule has 6 spiro atoms. The Bertz CT molecular complexity index is 791. The van der Waals surface area contributed by atoms with E-state index in [-0.39, 0.29) is 44.6 Å². The summed E-state index contributed by atoms with van der Waals surface area (Å²) < 4.78 is 15.6. The van der Waals surface area contributed by atoms with Gasteiger partial charge in [0.15, 0.2) is 0 Å². The molecule has 4 saturated carbocycles. The van der Waals surface area contributed by atoms with E-state index in [1.165, 1.54) is 136 Å². The summed E-state index contributed by atoms with van der Waals surface area (Å²) in [5.74, 6) is 0. The van der Waals surface area contributed by atoms with E-state index in [2.05, 4.69) is 31.9 Å². The third kappa shape index (κ3) is 12.6. The maximum absolute atomic E-state index is 5.51. The summed E-state index contributed by atoms with van der Waals surface area (Å²) in [7, 11) is 0. The smallest absolute Gasteiger partial charge is 0.0809 e. The first kappa shape index (κ1) is 46.7. The molecule has 49 heavy (non-hydrogen) atoms. The van der Waals surface area contributed by atoms with Crippen LogP contribution in [0.25, 0.3) is 0 Å². The van der Waals surface area contributed by atoms with Crippen LogP contribution in [0.3, 0.4) is 0 Å². The molecule has 0 aromatic carbocycles. The lowest BCUT2D eigenvalue weighted by Crippen LogP contribution is -2.68. The van der Waals surface area contributed by atoms with E-state index in [1.807, 2.05) is 0 Å². The Morgan fingerprint density at radius 2 is 0.816 bits per heavy atom. The lowest BCUT2D eigenvalue weighted by Gasteiger charge is -2.49. The molecule has 0 radical (unpaired) electrons. The summed E-state index contributed by atoms with van der Waals surface area (Å²) in [6, 6.07) is 0. The highest BCUT2D eigenvalue weighted by atomic mass is 16.5. The van der Waals surface area contributed by atoms with Gasteiger partial charge in [0.05, 0.1) is 44.2 Å². The molecular weight excluding hydrogens is 612 g/mol. The monoisotopic (exact) mass is 699 g/mol. The predicted molar refractivity (Wildman–Crippen MR) is 211 cm³/mol. The van der Waals surface area contributed by atoms with Gasteiger partial charge in [0.25, 0.3) is 0 Å². The van der Waals surface area contributed by atoms with Crippen LogP contribution in [0.2, 0.25) is 0 Å². The van der Waals surface area contributed by atoms with E-state index in [9.17, 15) is 0 Å². The van der Waals surface area contributed by atoms with Gasteiger partial charge in [-0.25, -0.2) is 0 Å². The van der Waals surface area contributed by atoms with Gasteiger partial charge in [0.2, 0.25) is 0 Å². The fourth-order valence-electron chi connectivity index (χ4n) is 7.36. The summed E-state index contributed by atoms with van der Waals surface area (Å²) in [6.07, 6.45) is 17.3. The molecule has 0 amide bonds. The first-order chi connectivity index (χ1) is 21.0. The third-order valence-corrected chi connectivity index (χ3v) is 12.5. The lowest BCUT2D eigenvalue weighted by atomic mass is 9.80. The average molecular weight is 699 g/mol. The van der Waals surface area contributed by atoms with Crippen LogP contribution in [-0.4, -0.2) is 116 Å². The van der Waals surface area contributed by atoms with Crippen LogP contribution in [0.1, 0.15) is 122 Å². The summed E-state index contributed by atoms with van der Waals surface area (Å²) in [5, 5.41) is 19.9. The van der Waals surface area contributed by atoms with Crippen molar-refractivity contribution in [3.8, 4) is 0 Å². The number of hydrogen-bond acceptors (Lipinski definition) is 9. The van der Waals surface area contributed by atoms with Gasteiger partial charge in [-0.3, -0.25) is 0 Å². The standard InChI is InChI=1S/C7H13N.C6H11NO.C6H11N.2C5H9NO.C5H9N.6CH4/c1-2-7(1)3-5-8-6-4-7;1-2-6(1)5-7-3-4-8-6;1-2-6(1)3-4-7-5-6;1-5(2-6-1)3-7-4-5;1-2-6-5(1)3-7-4-5;1-2-5(1)3-6-4-5;;;;;;/h8H,1-6H2;7H,1-5H2;7H,1-5H2;2*6H,1-4H2;6H,1-4H2;6*1H4. The van der Waals surface area contributed by atoms with Crippen molar-refractivity contribution < 1.29 is 14.2 Å². The Morgan fingerprint density at radius 1 is 0.347 bits per heavy atom. The van der Waals surface area contributed by atoms with Crippen LogP contribution < -0.4 is 31.9 Å². The van der Waals surface area contributed by atoms with E-state index in [4.69, 9.17) is 14.2 Å². The molecule has 8 aliphatic heterocycles. The van der Waals surface area contributed by atoms with Crippen molar-refractivity contribution in [3.63, 3.8) is 0 Å². The van der Waals surface area contributed by atoms with Gasteiger partial charge in [-0.2, -0.15) is 0 Å². The molecule has 12 fully saturated rings. The first-order valence-corrected chi connectivity index (χ1v) is 18.1. The van der Waals surface area contributed by atoms with Gasteiger partial charge >= 0.3 is 0 Å². The normalized spacial score (nSPS) is 29.9. The summed E-state index contributed by atoms with van der Waals surface area (Å²) in [4.78, 5) is 0. The molecule has 0 bridgehead atoms. The Morgan fingerprint density at radius 3 is 0.980 bits per heavy atom. The summed E-state index contributed by atoms with van der Waals surface area (Å²) in [6.45, 7) is 18.3. The van der Waals surface area contributed by atoms with Crippen molar-refractivity contribution >= 4 is 0 Å². The van der Waals surface area contributed by atoms with E-state index in [1.54, 1.807) is 0 Å². The second-order valence-electron chi connectivity index (χ2n) is 16.5. The molecule has 0 aromatic heterocycles. The van der Waals surface area contributed by atoms with Crippen molar-refractivity contribution in [2.75, 3.05) is 105 Å². The van der Waals surface area contributed by atoms with E-state index in [0.717, 1.165) is 62.4 Å². The fraction of sp³-hybridized carbons (Fsp3) is 1.00. The SMILES string of the molecule is C.C.C.C.C.C.C1CC12CNC2.C1CC2(CC2)CN1.C1CC2(CCN1)CC2.C1CC2(COC2)N1.C1COC2(CC2)CN1.C1NCC12COC2. The Balaban J connectivity index is 0.000000287. The number of ether oxygens (including phenoxy) is 3. The molecule has 12 aliphatic rings. The quantitative estimate of drug-likeness (QED) is 0.194. The minimum absolute atomic E-state index is 0. The number of rotatable bonds is 0. The summed E-state index contributed by atoms with van der Waals surface area (Å²) in [5.41, 5.74) is 3.96. The molecule has 0 aromatic rings. The van der Waals surface area contributed by atoms with Crippen LogP contribution in [-0.2, 0) is 14.2 Å². The largest absolute Gasteiger partial charge is 0.380 e. The third-order valence-electron chi connectivity index (χ3n) is 12.5. The van der Waals surface area contributed by atoms with Gasteiger partial charge in [0, 0.05) is 51.2 Å². The molecular formula is C40H86N6O3. The number of hydrogen-bond donors (Lipinski definition) is 6. The van der Waals surface area contributed by atoms with Gasteiger partial charge in [-0.15, -0.1) is 0 Å². The molecule has 8 heterocycles. The van der Waals surface area contributed by atoms with Gasteiger partial charge in [-0.1, -0.05) is 44.6 Å². The summed E-state index contributed by atoms with van der Waals surface area (Å²) >= 11 is 0. The van der Waals surface area contributed by atoms with Crippen molar-refractivity contribution in [1.29, 1.82) is 0 Å². The molecule has 0 atom stereocenters. The molecule has 294 valence electrons. The number of piperidine rings is 1. The zero-order valence-electron chi connectivity index (χ0n) is 27.0. The average Bonchev–Trinajstić information content (AvgIpc) is 3.71. The zero-order valence-corrected chi connectivity index (χ0v) is 27.0. The number of morpholine rings is 1. The molecule has 4 aliphatic carbocycles. The van der Waals surface area contributed by atoms with Gasteiger partial charge in [0.1, 0.15) is 0 Å². The topological polar surface area (TPSA) is 99.9 Å². The van der Waals surface area contributed by atoms with Crippen LogP contribution in [0, 0.1) is 21.7 Å². The fourth-order valence-corrected chi connectivity index (χ4v) is 7.36. The Hall–Kier alpha value is -0.360. The second kappa shape index (κ2) is 19.6. The van der Waals surface area contributed by atoms with Crippen molar-refractivity contribution in [2.24, 2.45) is 21.7 Å². The first-order valence-electron chi connectivity index (χ1n) is 18.1. The minimum atomic E-state index is 0. The van der Waals surface area contributed by atoms with Gasteiger partial charge in [-0.05, 0) is 119 Å². The highest BCUT2D eigenvalue weighted by Crippen LogP contribution is 2.52. The highest BCUT2D eigenvalue weighted by Gasteiger charge is 2.48. The predicted octanol–water partition coefficient (Wildman–Crippen LogP) is 5.59. The van der Waals surface area contributed by atoms with Crippen LogP contribution in [0.4, 0.5) is 0 Å². The molecule has 9 heteroatoms. The van der Waals surface area contributed by atoms with Gasteiger partial charge < -0.3 is 46.1 Å². The molecule has 12 rings (SSSR count). The molecule has 8 saturated heterocycles. The lowest BCUT2D eigenvalue weighted by molar-refractivity contribution is -0.139. The maximum atomic E-state index is 5.51. The van der Waals surface area contributed by atoms with Crippen molar-refractivity contribution in [3.05, 3.63) is 0 Å². The van der Waals surface area contributed by atoms with Crippen LogP contribution in [0.15, 0.2) is 0 Å². The minimum Gasteiger partial charge on any atom is -0.380 e.